The zero-order valence-corrected chi connectivity index (χ0v) is 11.7. The Morgan fingerprint density at radius 1 is 1.10 bits per heavy atom. The Balaban J connectivity index is 2.17. The van der Waals surface area contributed by atoms with Gasteiger partial charge < -0.3 is 0 Å². The van der Waals surface area contributed by atoms with E-state index in [1.165, 1.54) is 22.9 Å². The van der Waals surface area contributed by atoms with Gasteiger partial charge in [-0.3, -0.25) is 0 Å². The molecule has 2 aromatic heterocycles. The molecule has 3 rings (SSSR count). The van der Waals surface area contributed by atoms with Crippen LogP contribution in [0.4, 0.5) is 0 Å². The molecule has 100 valence electrons. The summed E-state index contributed by atoms with van der Waals surface area (Å²) in [7, 11) is 0. The zero-order valence-electron chi connectivity index (χ0n) is 10.9. The normalized spacial score (nSPS) is 10.8. The summed E-state index contributed by atoms with van der Waals surface area (Å²) in [6, 6.07) is 5.96. The maximum atomic E-state index is 5.99. The maximum Gasteiger partial charge on any atom is 0.256 e. The van der Waals surface area contributed by atoms with E-state index < -0.39 is 0 Å². The lowest BCUT2D eigenvalue weighted by molar-refractivity contribution is 0.796. The van der Waals surface area contributed by atoms with E-state index in [1.807, 2.05) is 32.0 Å². The Morgan fingerprint density at radius 2 is 1.95 bits per heavy atom. The van der Waals surface area contributed by atoms with Crippen molar-refractivity contribution in [3.8, 4) is 17.3 Å². The topological polar surface area (TPSA) is 69.4 Å². The van der Waals surface area contributed by atoms with Crippen LogP contribution in [0.3, 0.4) is 0 Å². The van der Waals surface area contributed by atoms with Gasteiger partial charge in [0.15, 0.2) is 5.82 Å². The van der Waals surface area contributed by atoms with Crippen LogP contribution in [0, 0.1) is 13.8 Å². The number of aromatic nitrogens is 6. The Hall–Kier alpha value is -2.34. The van der Waals surface area contributed by atoms with Crippen LogP contribution in [0.25, 0.3) is 17.3 Å². The van der Waals surface area contributed by atoms with E-state index in [1.54, 1.807) is 0 Å². The van der Waals surface area contributed by atoms with Gasteiger partial charge in [0, 0.05) is 5.56 Å². The van der Waals surface area contributed by atoms with E-state index >= 15 is 0 Å². The average Bonchev–Trinajstić information content (AvgIpc) is 2.95. The van der Waals surface area contributed by atoms with E-state index in [-0.39, 0.29) is 5.28 Å². The number of hydrogen-bond acceptors (Lipinski definition) is 5. The highest BCUT2D eigenvalue weighted by atomic mass is 35.5. The van der Waals surface area contributed by atoms with E-state index in [9.17, 15) is 0 Å². The van der Waals surface area contributed by atoms with E-state index in [0.29, 0.717) is 11.8 Å². The smallest absolute Gasteiger partial charge is 0.223 e. The van der Waals surface area contributed by atoms with Gasteiger partial charge in [-0.2, -0.15) is 24.7 Å². The molecular formula is C13H11ClN6. The van der Waals surface area contributed by atoms with Crippen LogP contribution in [-0.2, 0) is 0 Å². The summed E-state index contributed by atoms with van der Waals surface area (Å²) in [4.78, 5) is 16.5. The van der Waals surface area contributed by atoms with Crippen LogP contribution in [-0.4, -0.2) is 29.7 Å². The summed E-state index contributed by atoms with van der Waals surface area (Å²) in [6.07, 6.45) is 2.92. The fourth-order valence-corrected chi connectivity index (χ4v) is 2.02. The summed E-state index contributed by atoms with van der Waals surface area (Å²) >= 11 is 5.99. The van der Waals surface area contributed by atoms with Crippen molar-refractivity contribution in [2.24, 2.45) is 0 Å². The van der Waals surface area contributed by atoms with Crippen molar-refractivity contribution in [1.82, 2.24) is 29.7 Å². The Labute approximate surface area is 120 Å². The minimum Gasteiger partial charge on any atom is -0.223 e. The fourth-order valence-electron chi connectivity index (χ4n) is 1.87. The molecule has 20 heavy (non-hydrogen) atoms. The number of rotatable bonds is 2. The van der Waals surface area contributed by atoms with Crippen molar-refractivity contribution < 1.29 is 0 Å². The monoisotopic (exact) mass is 286 g/mol. The number of hydrogen-bond donors (Lipinski definition) is 0. The second-order valence-electron chi connectivity index (χ2n) is 4.32. The predicted octanol–water partition coefficient (Wildman–Crippen LogP) is 2.39. The van der Waals surface area contributed by atoms with Gasteiger partial charge in [0.2, 0.25) is 5.28 Å². The largest absolute Gasteiger partial charge is 0.256 e. The standard InChI is InChI=1S/C13H11ClN6/c1-8-4-3-5-10(9(8)2)11-17-12(14)19-13(18-11)20-7-15-6-16-20/h3-7H,1-2H3. The Kier molecular flexibility index (Phi) is 3.15. The minimum atomic E-state index is 0.126. The molecule has 0 unspecified atom stereocenters. The van der Waals surface area contributed by atoms with Gasteiger partial charge in [0.05, 0.1) is 0 Å². The Morgan fingerprint density at radius 3 is 2.70 bits per heavy atom. The highest BCUT2D eigenvalue weighted by Crippen LogP contribution is 2.23. The lowest BCUT2D eigenvalue weighted by Crippen LogP contribution is -2.05. The van der Waals surface area contributed by atoms with Gasteiger partial charge in [-0.1, -0.05) is 18.2 Å². The highest BCUT2D eigenvalue weighted by molar-refractivity contribution is 6.28. The summed E-state index contributed by atoms with van der Waals surface area (Å²) in [5.74, 6) is 0.870. The third-order valence-corrected chi connectivity index (χ3v) is 3.23. The van der Waals surface area contributed by atoms with Gasteiger partial charge in [0.25, 0.3) is 5.95 Å². The first-order valence-corrected chi connectivity index (χ1v) is 6.36. The molecule has 0 aliphatic carbocycles. The summed E-state index contributed by atoms with van der Waals surface area (Å²) in [5, 5.41) is 4.12. The van der Waals surface area contributed by atoms with E-state index in [4.69, 9.17) is 11.6 Å². The van der Waals surface area contributed by atoms with Crippen LogP contribution >= 0.6 is 11.6 Å². The molecule has 0 aliphatic heterocycles. The quantitative estimate of drug-likeness (QED) is 0.723. The molecule has 0 atom stereocenters. The van der Waals surface area contributed by atoms with Crippen molar-refractivity contribution >= 4 is 11.6 Å². The summed E-state index contributed by atoms with van der Waals surface area (Å²) in [5.41, 5.74) is 3.20. The van der Waals surface area contributed by atoms with E-state index in [2.05, 4.69) is 25.0 Å². The molecule has 0 aliphatic rings. The van der Waals surface area contributed by atoms with Gasteiger partial charge in [-0.15, -0.1) is 0 Å². The predicted molar refractivity (Wildman–Crippen MR) is 74.7 cm³/mol. The molecule has 0 spiro atoms. The molecule has 1 aromatic carbocycles. The van der Waals surface area contributed by atoms with Crippen molar-refractivity contribution in [3.05, 3.63) is 47.3 Å². The zero-order chi connectivity index (χ0) is 14.1. The second kappa shape index (κ2) is 4.97. The first-order valence-electron chi connectivity index (χ1n) is 5.98. The van der Waals surface area contributed by atoms with Crippen molar-refractivity contribution in [2.45, 2.75) is 13.8 Å². The molecule has 0 saturated heterocycles. The van der Waals surface area contributed by atoms with Crippen LogP contribution in [0.15, 0.2) is 30.9 Å². The number of benzene rings is 1. The van der Waals surface area contributed by atoms with Crippen LogP contribution in [0.5, 0.6) is 0 Å². The molecule has 3 aromatic rings. The van der Waals surface area contributed by atoms with Crippen LogP contribution < -0.4 is 0 Å². The lowest BCUT2D eigenvalue weighted by Gasteiger charge is -2.08. The molecule has 0 bridgehead atoms. The van der Waals surface area contributed by atoms with Crippen molar-refractivity contribution in [2.75, 3.05) is 0 Å². The molecule has 2 heterocycles. The van der Waals surface area contributed by atoms with Gasteiger partial charge >= 0.3 is 0 Å². The molecule has 0 fully saturated rings. The first kappa shape index (κ1) is 12.7. The number of nitrogens with zero attached hydrogens (tertiary/aromatic N) is 6. The van der Waals surface area contributed by atoms with Gasteiger partial charge in [-0.05, 0) is 36.6 Å². The maximum absolute atomic E-state index is 5.99. The number of aryl methyl sites for hydroxylation is 1. The van der Waals surface area contributed by atoms with E-state index in [0.717, 1.165) is 11.1 Å². The summed E-state index contributed by atoms with van der Waals surface area (Å²) in [6.45, 7) is 4.07. The Bertz CT molecular complexity index is 754. The first-order chi connectivity index (χ1) is 9.65. The molecule has 0 N–H and O–H groups in total. The number of halogens is 1. The van der Waals surface area contributed by atoms with Gasteiger partial charge in [0.1, 0.15) is 12.7 Å². The highest BCUT2D eigenvalue weighted by Gasteiger charge is 2.12. The molecule has 7 heteroatoms. The average molecular weight is 287 g/mol. The lowest BCUT2D eigenvalue weighted by atomic mass is 10.0. The van der Waals surface area contributed by atoms with Crippen molar-refractivity contribution in [1.29, 1.82) is 0 Å². The van der Waals surface area contributed by atoms with Crippen LogP contribution in [0.2, 0.25) is 5.28 Å². The second-order valence-corrected chi connectivity index (χ2v) is 4.65. The third-order valence-electron chi connectivity index (χ3n) is 3.07. The molecule has 0 radical (unpaired) electrons. The van der Waals surface area contributed by atoms with Crippen LogP contribution in [0.1, 0.15) is 11.1 Å². The molecule has 6 nitrogen and oxygen atoms in total. The summed E-state index contributed by atoms with van der Waals surface area (Å²) < 4.78 is 1.45. The van der Waals surface area contributed by atoms with Gasteiger partial charge in [-0.25, -0.2) is 4.98 Å². The SMILES string of the molecule is Cc1cccc(-c2nc(Cl)nc(-n3cncn3)n2)c1C. The molecular weight excluding hydrogens is 276 g/mol. The third kappa shape index (κ3) is 2.25. The minimum absolute atomic E-state index is 0.126. The molecule has 0 amide bonds. The fraction of sp³-hybridized carbons (Fsp3) is 0.154. The molecule has 0 saturated carbocycles. The van der Waals surface area contributed by atoms with Crippen molar-refractivity contribution in [3.63, 3.8) is 0 Å².